The predicted molar refractivity (Wildman–Crippen MR) is 114 cm³/mol. The van der Waals surface area contributed by atoms with Crippen molar-refractivity contribution in [2.75, 3.05) is 0 Å². The lowest BCUT2D eigenvalue weighted by Crippen LogP contribution is -2.32. The fraction of sp³-hybridized carbons (Fsp3) is 0.0909. The first kappa shape index (κ1) is 19.1. The molecule has 0 atom stereocenters. The van der Waals surface area contributed by atoms with Crippen LogP contribution in [0.15, 0.2) is 69.3 Å². The third-order valence-electron chi connectivity index (χ3n) is 4.94. The van der Waals surface area contributed by atoms with Crippen molar-refractivity contribution >= 4 is 23.1 Å². The van der Waals surface area contributed by atoms with Crippen LogP contribution >= 0.6 is 0 Å². The summed E-state index contributed by atoms with van der Waals surface area (Å²) in [7, 11) is 0. The summed E-state index contributed by atoms with van der Waals surface area (Å²) in [6.45, 7) is 3.79. The van der Waals surface area contributed by atoms with Gasteiger partial charge in [0.25, 0.3) is 5.56 Å². The van der Waals surface area contributed by atoms with E-state index in [1.807, 2.05) is 24.5 Å². The maximum absolute atomic E-state index is 12.6. The fourth-order valence-corrected chi connectivity index (χ4v) is 3.45. The van der Waals surface area contributed by atoms with Crippen molar-refractivity contribution in [3.8, 4) is 5.69 Å². The minimum Gasteiger partial charge on any atom is -0.478 e. The van der Waals surface area contributed by atoms with Crippen LogP contribution in [0.2, 0.25) is 0 Å². The molecule has 0 bridgehead atoms. The topological polar surface area (TPSA) is 109 Å². The molecule has 2 aromatic carbocycles. The van der Waals surface area contributed by atoms with E-state index in [0.717, 1.165) is 27.3 Å². The number of carboxylic acid groups (broad SMARTS) is 1. The molecule has 4 aromatic rings. The predicted octanol–water partition coefficient (Wildman–Crippen LogP) is 2.68. The van der Waals surface area contributed by atoms with E-state index in [2.05, 4.69) is 10.1 Å². The number of hydrogen-bond donors (Lipinski definition) is 2. The highest BCUT2D eigenvalue weighted by molar-refractivity contribution is 5.88. The van der Waals surface area contributed by atoms with Crippen molar-refractivity contribution in [1.29, 1.82) is 0 Å². The SMILES string of the molecule is Cc1cc(C=Nn2c(=O)[nH]c3ccccc3c2=O)c(C)n1-c1ccc(C(=O)O)cc1. The molecule has 8 nitrogen and oxygen atoms in total. The maximum atomic E-state index is 12.6. The number of benzene rings is 2. The van der Waals surface area contributed by atoms with Crippen LogP contribution in [0.3, 0.4) is 0 Å². The molecule has 150 valence electrons. The van der Waals surface area contributed by atoms with Gasteiger partial charge in [-0.1, -0.05) is 12.1 Å². The quantitative estimate of drug-likeness (QED) is 0.512. The van der Waals surface area contributed by atoms with Gasteiger partial charge in [0.1, 0.15) is 0 Å². The number of hydrogen-bond acceptors (Lipinski definition) is 4. The van der Waals surface area contributed by atoms with Crippen molar-refractivity contribution < 1.29 is 9.90 Å². The summed E-state index contributed by atoms with van der Waals surface area (Å²) in [5, 5.41) is 13.6. The summed E-state index contributed by atoms with van der Waals surface area (Å²) >= 11 is 0. The highest BCUT2D eigenvalue weighted by Crippen LogP contribution is 2.20. The Morgan fingerprint density at radius 3 is 2.47 bits per heavy atom. The van der Waals surface area contributed by atoms with Crippen LogP contribution in [0, 0.1) is 13.8 Å². The number of carbonyl (C=O) groups is 1. The molecular weight excluding hydrogens is 384 g/mol. The number of rotatable bonds is 4. The number of H-pyrrole nitrogens is 1. The summed E-state index contributed by atoms with van der Waals surface area (Å²) in [6, 6.07) is 15.2. The number of aromatic amines is 1. The first-order valence-electron chi connectivity index (χ1n) is 9.18. The first-order chi connectivity index (χ1) is 14.4. The van der Waals surface area contributed by atoms with Gasteiger partial charge in [0, 0.05) is 22.6 Å². The Morgan fingerprint density at radius 1 is 1.07 bits per heavy atom. The third-order valence-corrected chi connectivity index (χ3v) is 4.94. The lowest BCUT2D eigenvalue weighted by molar-refractivity contribution is 0.0697. The van der Waals surface area contributed by atoms with E-state index < -0.39 is 17.2 Å². The van der Waals surface area contributed by atoms with Crippen LogP contribution in [0.5, 0.6) is 0 Å². The van der Waals surface area contributed by atoms with Crippen LogP contribution in [0.25, 0.3) is 16.6 Å². The molecule has 0 unspecified atom stereocenters. The standard InChI is InChI=1S/C22H18N4O4/c1-13-11-16(14(2)25(13)17-9-7-15(8-10-17)21(28)29)12-23-26-20(27)18-5-3-4-6-19(18)24-22(26)30/h3-12H,1-2H3,(H,24,30)(H,28,29). The van der Waals surface area contributed by atoms with Gasteiger partial charge < -0.3 is 14.7 Å². The summed E-state index contributed by atoms with van der Waals surface area (Å²) in [5.74, 6) is -0.985. The van der Waals surface area contributed by atoms with Crippen molar-refractivity contribution in [2.24, 2.45) is 5.10 Å². The van der Waals surface area contributed by atoms with E-state index in [1.54, 1.807) is 48.5 Å². The molecular formula is C22H18N4O4. The summed E-state index contributed by atoms with van der Waals surface area (Å²) < 4.78 is 2.75. The van der Waals surface area contributed by atoms with Gasteiger partial charge in [-0.3, -0.25) is 4.79 Å². The van der Waals surface area contributed by atoms with Crippen LogP contribution in [0.1, 0.15) is 27.3 Å². The minimum atomic E-state index is -0.985. The number of aryl methyl sites for hydroxylation is 1. The molecule has 2 aromatic heterocycles. The summed E-state index contributed by atoms with van der Waals surface area (Å²) in [4.78, 5) is 38.6. The normalized spacial score (nSPS) is 11.4. The zero-order chi connectivity index (χ0) is 21.4. The van der Waals surface area contributed by atoms with Crippen molar-refractivity contribution in [3.05, 3.63) is 98.0 Å². The number of fused-ring (bicyclic) bond motifs is 1. The molecule has 0 amide bonds. The van der Waals surface area contributed by atoms with Crippen molar-refractivity contribution in [2.45, 2.75) is 13.8 Å². The Morgan fingerprint density at radius 2 is 1.77 bits per heavy atom. The average Bonchev–Trinajstić information content (AvgIpc) is 3.01. The largest absolute Gasteiger partial charge is 0.478 e. The van der Waals surface area contributed by atoms with Crippen molar-refractivity contribution in [3.63, 3.8) is 0 Å². The second-order valence-electron chi connectivity index (χ2n) is 6.85. The second-order valence-corrected chi connectivity index (χ2v) is 6.85. The van der Waals surface area contributed by atoms with E-state index in [-0.39, 0.29) is 5.56 Å². The van der Waals surface area contributed by atoms with Gasteiger partial charge >= 0.3 is 11.7 Å². The molecule has 2 N–H and O–H groups in total. The van der Waals surface area contributed by atoms with Gasteiger partial charge in [0.2, 0.25) is 0 Å². The van der Waals surface area contributed by atoms with E-state index in [1.165, 1.54) is 6.21 Å². The molecule has 0 aliphatic carbocycles. The maximum Gasteiger partial charge on any atom is 0.349 e. The Balaban J connectivity index is 1.75. The van der Waals surface area contributed by atoms with Crippen LogP contribution < -0.4 is 11.2 Å². The van der Waals surface area contributed by atoms with E-state index in [4.69, 9.17) is 5.11 Å². The van der Waals surface area contributed by atoms with Crippen LogP contribution in [0.4, 0.5) is 0 Å². The third kappa shape index (κ3) is 3.24. The Labute approximate surface area is 170 Å². The van der Waals surface area contributed by atoms with Gasteiger partial charge in [-0.25, -0.2) is 9.59 Å². The zero-order valence-electron chi connectivity index (χ0n) is 16.3. The molecule has 0 fully saturated rings. The van der Waals surface area contributed by atoms with Gasteiger partial charge in [0.05, 0.1) is 22.7 Å². The van der Waals surface area contributed by atoms with Gasteiger partial charge in [0.15, 0.2) is 0 Å². The Bertz CT molecular complexity index is 1420. The number of aromatic nitrogens is 3. The molecule has 0 aliphatic rings. The number of nitrogens with zero attached hydrogens (tertiary/aromatic N) is 3. The van der Waals surface area contributed by atoms with Gasteiger partial charge in [-0.05, 0) is 56.3 Å². The number of nitrogens with one attached hydrogen (secondary N) is 1. The van der Waals surface area contributed by atoms with E-state index in [0.29, 0.717) is 10.9 Å². The molecule has 0 spiro atoms. The number of carboxylic acids is 1. The number of para-hydroxylation sites is 1. The van der Waals surface area contributed by atoms with E-state index in [9.17, 15) is 14.4 Å². The minimum absolute atomic E-state index is 0.206. The molecule has 2 heterocycles. The molecule has 30 heavy (non-hydrogen) atoms. The highest BCUT2D eigenvalue weighted by atomic mass is 16.4. The molecule has 0 aliphatic heterocycles. The monoisotopic (exact) mass is 402 g/mol. The highest BCUT2D eigenvalue weighted by Gasteiger charge is 2.11. The summed E-state index contributed by atoms with van der Waals surface area (Å²) in [5.41, 5.74) is 2.82. The molecule has 0 radical (unpaired) electrons. The Hall–Kier alpha value is -4.20. The average molecular weight is 402 g/mol. The number of aromatic carboxylic acids is 1. The second kappa shape index (κ2) is 7.32. The first-order valence-corrected chi connectivity index (χ1v) is 9.18. The fourth-order valence-electron chi connectivity index (χ4n) is 3.45. The molecule has 0 saturated heterocycles. The molecule has 4 rings (SSSR count). The van der Waals surface area contributed by atoms with Crippen molar-refractivity contribution in [1.82, 2.24) is 14.2 Å². The lowest BCUT2D eigenvalue weighted by atomic mass is 10.2. The summed E-state index contributed by atoms with van der Waals surface area (Å²) in [6.07, 6.45) is 1.47. The van der Waals surface area contributed by atoms with Gasteiger partial charge in [-0.15, -0.1) is 4.68 Å². The smallest absolute Gasteiger partial charge is 0.349 e. The van der Waals surface area contributed by atoms with Crippen LogP contribution in [-0.2, 0) is 0 Å². The molecule has 8 heteroatoms. The van der Waals surface area contributed by atoms with Crippen LogP contribution in [-0.4, -0.2) is 31.5 Å². The lowest BCUT2D eigenvalue weighted by Gasteiger charge is -2.09. The Kier molecular flexibility index (Phi) is 4.67. The zero-order valence-corrected chi connectivity index (χ0v) is 16.3. The van der Waals surface area contributed by atoms with Gasteiger partial charge in [-0.2, -0.15) is 5.10 Å². The van der Waals surface area contributed by atoms with E-state index >= 15 is 0 Å². The molecule has 0 saturated carbocycles.